The lowest BCUT2D eigenvalue weighted by Crippen LogP contribution is -2.43. The Morgan fingerprint density at radius 2 is 2.15 bits per heavy atom. The van der Waals surface area contributed by atoms with Crippen molar-refractivity contribution < 1.29 is 14.7 Å². The van der Waals surface area contributed by atoms with Crippen molar-refractivity contribution in [1.29, 1.82) is 0 Å². The highest BCUT2D eigenvalue weighted by Gasteiger charge is 2.28. The fourth-order valence-electron chi connectivity index (χ4n) is 3.99. The molecule has 9 heteroatoms. The molecule has 1 aliphatic carbocycles. The van der Waals surface area contributed by atoms with Gasteiger partial charge in [-0.25, -0.2) is 4.79 Å². The maximum absolute atomic E-state index is 12.9. The monoisotopic (exact) mass is 371 g/mol. The third-order valence-electron chi connectivity index (χ3n) is 5.33. The van der Waals surface area contributed by atoms with E-state index in [4.69, 9.17) is 5.11 Å². The molecule has 2 N–H and O–H groups in total. The topological polar surface area (TPSA) is 121 Å². The summed E-state index contributed by atoms with van der Waals surface area (Å²) in [6.07, 6.45) is 5.90. The maximum Gasteiger partial charge on any atom is 0.358 e. The van der Waals surface area contributed by atoms with Crippen molar-refractivity contribution in [3.63, 3.8) is 0 Å². The lowest BCUT2D eigenvalue weighted by Gasteiger charge is -2.32. The minimum atomic E-state index is -1.11. The molecule has 9 nitrogen and oxygen atoms in total. The second kappa shape index (κ2) is 6.98. The summed E-state index contributed by atoms with van der Waals surface area (Å²) in [4.78, 5) is 40.7. The van der Waals surface area contributed by atoms with Crippen molar-refractivity contribution in [3.05, 3.63) is 45.1 Å². The van der Waals surface area contributed by atoms with Crippen LogP contribution < -0.4 is 5.56 Å². The van der Waals surface area contributed by atoms with Crippen LogP contribution in [-0.4, -0.2) is 55.0 Å². The molecule has 0 radical (unpaired) electrons. The summed E-state index contributed by atoms with van der Waals surface area (Å²) in [5.74, 6) is -1.21. The second-order valence-corrected chi connectivity index (χ2v) is 7.26. The molecule has 0 spiro atoms. The predicted molar refractivity (Wildman–Crippen MR) is 94.7 cm³/mol. The Hall–Kier alpha value is -2.97. The Balaban J connectivity index is 1.47. The molecule has 3 heterocycles. The van der Waals surface area contributed by atoms with E-state index in [0.29, 0.717) is 19.6 Å². The highest BCUT2D eigenvalue weighted by molar-refractivity contribution is 5.94. The number of nitrogens with zero attached hydrogens (tertiary/aromatic N) is 4. The van der Waals surface area contributed by atoms with Crippen molar-refractivity contribution in [3.8, 4) is 0 Å². The van der Waals surface area contributed by atoms with Gasteiger partial charge in [0.15, 0.2) is 5.69 Å². The largest absolute Gasteiger partial charge is 0.476 e. The number of aromatic amines is 1. The van der Waals surface area contributed by atoms with Crippen molar-refractivity contribution in [2.75, 3.05) is 13.1 Å². The van der Waals surface area contributed by atoms with E-state index < -0.39 is 5.97 Å². The third kappa shape index (κ3) is 3.49. The number of nitrogens with one attached hydrogen (secondary N) is 1. The molecule has 4 rings (SSSR count). The van der Waals surface area contributed by atoms with Crippen LogP contribution in [0.3, 0.4) is 0 Å². The number of likely N-dealkylation sites (tertiary alicyclic amines) is 1. The fourth-order valence-corrected chi connectivity index (χ4v) is 3.99. The van der Waals surface area contributed by atoms with Gasteiger partial charge >= 0.3 is 5.97 Å². The number of hydrogen-bond acceptors (Lipinski definition) is 5. The fraction of sp³-hybridized carbons (Fsp3) is 0.500. The molecule has 0 bridgehead atoms. The van der Waals surface area contributed by atoms with Crippen LogP contribution in [0.25, 0.3) is 0 Å². The number of amides is 1. The van der Waals surface area contributed by atoms with E-state index in [1.165, 1.54) is 10.9 Å². The van der Waals surface area contributed by atoms with Crippen molar-refractivity contribution in [2.24, 2.45) is 5.92 Å². The first-order chi connectivity index (χ1) is 13.0. The molecule has 142 valence electrons. The van der Waals surface area contributed by atoms with Crippen molar-refractivity contribution in [2.45, 2.75) is 38.6 Å². The number of aromatic nitrogens is 4. The number of rotatable bonds is 4. The normalized spacial score (nSPS) is 19.1. The molecule has 1 fully saturated rings. The number of aromatic carboxylic acids is 1. The van der Waals surface area contributed by atoms with Crippen LogP contribution >= 0.6 is 0 Å². The summed E-state index contributed by atoms with van der Waals surface area (Å²) >= 11 is 0. The molecule has 1 saturated heterocycles. The van der Waals surface area contributed by atoms with E-state index in [-0.39, 0.29) is 28.6 Å². The summed E-state index contributed by atoms with van der Waals surface area (Å²) in [6, 6.07) is 1.75. The zero-order valence-corrected chi connectivity index (χ0v) is 14.8. The summed E-state index contributed by atoms with van der Waals surface area (Å²) in [5, 5.41) is 16.4. The van der Waals surface area contributed by atoms with Gasteiger partial charge < -0.3 is 15.0 Å². The van der Waals surface area contributed by atoms with Gasteiger partial charge in [-0.1, -0.05) is 5.21 Å². The SMILES string of the molecule is O=C(O)c1cn(CC2CCCN(C(=O)c3cc4c([nH]c3=O)CCC4)C2)nn1. The van der Waals surface area contributed by atoms with E-state index in [2.05, 4.69) is 15.3 Å². The molecule has 2 aromatic heterocycles. The third-order valence-corrected chi connectivity index (χ3v) is 5.33. The first-order valence-corrected chi connectivity index (χ1v) is 9.19. The van der Waals surface area contributed by atoms with Crippen LogP contribution in [0.4, 0.5) is 0 Å². The van der Waals surface area contributed by atoms with Gasteiger partial charge in [-0.05, 0) is 49.7 Å². The zero-order chi connectivity index (χ0) is 19.0. The Bertz CT molecular complexity index is 947. The molecule has 1 amide bonds. The van der Waals surface area contributed by atoms with Crippen LogP contribution in [-0.2, 0) is 19.4 Å². The summed E-state index contributed by atoms with van der Waals surface area (Å²) in [6.45, 7) is 1.62. The van der Waals surface area contributed by atoms with Crippen molar-refractivity contribution in [1.82, 2.24) is 24.9 Å². The van der Waals surface area contributed by atoms with E-state index in [1.807, 2.05) is 0 Å². The Morgan fingerprint density at radius 3 is 2.93 bits per heavy atom. The van der Waals surface area contributed by atoms with E-state index in [1.54, 1.807) is 11.0 Å². The van der Waals surface area contributed by atoms with Crippen LogP contribution in [0.1, 0.15) is 51.4 Å². The van der Waals surface area contributed by atoms with Gasteiger partial charge in [0.1, 0.15) is 5.56 Å². The first kappa shape index (κ1) is 17.4. The van der Waals surface area contributed by atoms with Crippen LogP contribution in [0.15, 0.2) is 17.1 Å². The lowest BCUT2D eigenvalue weighted by molar-refractivity contribution is 0.0656. The average molecular weight is 371 g/mol. The molecule has 1 aliphatic heterocycles. The van der Waals surface area contributed by atoms with Gasteiger partial charge in [0.25, 0.3) is 11.5 Å². The molecule has 2 aromatic rings. The quantitative estimate of drug-likeness (QED) is 0.816. The lowest BCUT2D eigenvalue weighted by atomic mass is 9.97. The number of hydrogen-bond donors (Lipinski definition) is 2. The molecule has 0 aromatic carbocycles. The number of carbonyl (C=O) groups is 2. The Morgan fingerprint density at radius 1 is 1.30 bits per heavy atom. The van der Waals surface area contributed by atoms with Crippen LogP contribution in [0.5, 0.6) is 0 Å². The van der Waals surface area contributed by atoms with Gasteiger partial charge in [0.05, 0.1) is 6.20 Å². The summed E-state index contributed by atoms with van der Waals surface area (Å²) in [7, 11) is 0. The van der Waals surface area contributed by atoms with Gasteiger partial charge in [-0.2, -0.15) is 0 Å². The number of pyridine rings is 1. The number of aryl methyl sites for hydroxylation is 2. The van der Waals surface area contributed by atoms with E-state index in [9.17, 15) is 14.4 Å². The van der Waals surface area contributed by atoms with E-state index in [0.717, 1.165) is 43.4 Å². The van der Waals surface area contributed by atoms with Gasteiger partial charge in [0, 0.05) is 25.3 Å². The minimum Gasteiger partial charge on any atom is -0.476 e. The zero-order valence-electron chi connectivity index (χ0n) is 14.8. The first-order valence-electron chi connectivity index (χ1n) is 9.19. The molecular formula is C18H21N5O4. The summed E-state index contributed by atoms with van der Waals surface area (Å²) in [5.41, 5.74) is 1.82. The van der Waals surface area contributed by atoms with E-state index >= 15 is 0 Å². The van der Waals surface area contributed by atoms with Crippen LogP contribution in [0.2, 0.25) is 0 Å². The molecule has 1 atom stereocenters. The smallest absolute Gasteiger partial charge is 0.358 e. The highest BCUT2D eigenvalue weighted by atomic mass is 16.4. The Labute approximate surface area is 155 Å². The van der Waals surface area contributed by atoms with Gasteiger partial charge in [0.2, 0.25) is 0 Å². The highest BCUT2D eigenvalue weighted by Crippen LogP contribution is 2.22. The second-order valence-electron chi connectivity index (χ2n) is 7.26. The minimum absolute atomic E-state index is 0.0941. The number of fused-ring (bicyclic) bond motifs is 1. The summed E-state index contributed by atoms with van der Waals surface area (Å²) < 4.78 is 1.50. The molecular weight excluding hydrogens is 350 g/mol. The number of carboxylic acid groups (broad SMARTS) is 1. The molecule has 2 aliphatic rings. The number of piperidine rings is 1. The number of carbonyl (C=O) groups excluding carboxylic acids is 1. The maximum atomic E-state index is 12.9. The average Bonchev–Trinajstić information content (AvgIpc) is 3.29. The van der Waals surface area contributed by atoms with Crippen LogP contribution in [0, 0.1) is 5.92 Å². The number of carboxylic acids is 1. The van der Waals surface area contributed by atoms with Crippen molar-refractivity contribution >= 4 is 11.9 Å². The molecule has 0 saturated carbocycles. The predicted octanol–water partition coefficient (Wildman–Crippen LogP) is 0.706. The number of H-pyrrole nitrogens is 1. The van der Waals surface area contributed by atoms with Gasteiger partial charge in [-0.3, -0.25) is 14.3 Å². The Kier molecular flexibility index (Phi) is 4.51. The standard InChI is InChI=1S/C18H21N5O4/c24-16-13(7-12-4-1-5-14(12)19-16)17(25)22-6-2-3-11(8-22)9-23-10-15(18(26)27)20-21-23/h7,10-11H,1-6,8-9H2,(H,19,24)(H,26,27). The molecule has 27 heavy (non-hydrogen) atoms. The molecule has 1 unspecified atom stereocenters. The van der Waals surface area contributed by atoms with Gasteiger partial charge in [-0.15, -0.1) is 5.10 Å².